The zero-order valence-electron chi connectivity index (χ0n) is 7.55. The molecular formula is C10H12FNO. The first-order valence-electron chi connectivity index (χ1n) is 4.36. The van der Waals surface area contributed by atoms with E-state index in [1.54, 1.807) is 6.07 Å². The fraction of sp³-hybridized carbons (Fsp3) is 0.400. The first kappa shape index (κ1) is 8.51. The Kier molecular flexibility index (Phi) is 1.96. The van der Waals surface area contributed by atoms with Crippen LogP contribution in [0.15, 0.2) is 12.1 Å². The Bertz CT molecular complexity index is 338. The van der Waals surface area contributed by atoms with Gasteiger partial charge in [0.2, 0.25) is 0 Å². The van der Waals surface area contributed by atoms with Crippen LogP contribution in [0, 0.1) is 5.82 Å². The summed E-state index contributed by atoms with van der Waals surface area (Å²) in [6.45, 7) is 1.67. The molecule has 2 nitrogen and oxygen atoms in total. The van der Waals surface area contributed by atoms with Gasteiger partial charge >= 0.3 is 0 Å². The van der Waals surface area contributed by atoms with Crippen LogP contribution in [-0.2, 0) is 13.0 Å². The zero-order valence-corrected chi connectivity index (χ0v) is 7.55. The lowest BCUT2D eigenvalue weighted by Gasteiger charge is -2.25. The van der Waals surface area contributed by atoms with E-state index in [1.165, 1.54) is 6.07 Å². The molecule has 0 amide bonds. The molecule has 0 saturated heterocycles. The first-order chi connectivity index (χ1) is 6.18. The lowest BCUT2D eigenvalue weighted by Crippen LogP contribution is -2.26. The number of halogens is 1. The highest BCUT2D eigenvalue weighted by Gasteiger charge is 2.18. The van der Waals surface area contributed by atoms with Gasteiger partial charge in [-0.15, -0.1) is 0 Å². The van der Waals surface area contributed by atoms with E-state index in [2.05, 4.69) is 4.90 Å². The van der Waals surface area contributed by atoms with Crippen LogP contribution in [0.2, 0.25) is 0 Å². The van der Waals surface area contributed by atoms with Crippen molar-refractivity contribution in [3.63, 3.8) is 0 Å². The van der Waals surface area contributed by atoms with Gasteiger partial charge in [0, 0.05) is 18.7 Å². The summed E-state index contributed by atoms with van der Waals surface area (Å²) in [4.78, 5) is 2.15. The number of nitrogens with zero attached hydrogens (tertiary/aromatic N) is 1. The maximum atomic E-state index is 12.9. The van der Waals surface area contributed by atoms with Gasteiger partial charge < -0.3 is 10.0 Å². The number of phenols is 1. The maximum Gasteiger partial charge on any atom is 0.165 e. The van der Waals surface area contributed by atoms with E-state index in [9.17, 15) is 9.50 Å². The number of hydrogen-bond donors (Lipinski definition) is 1. The Hall–Kier alpha value is -1.09. The monoisotopic (exact) mass is 181 g/mol. The molecule has 1 aromatic rings. The van der Waals surface area contributed by atoms with Crippen molar-refractivity contribution >= 4 is 0 Å². The number of rotatable bonds is 0. The van der Waals surface area contributed by atoms with Crippen molar-refractivity contribution in [3.8, 4) is 5.75 Å². The summed E-state index contributed by atoms with van der Waals surface area (Å²) in [5, 5.41) is 9.44. The molecule has 1 aromatic carbocycles. The average molecular weight is 181 g/mol. The van der Waals surface area contributed by atoms with Gasteiger partial charge in [-0.2, -0.15) is 0 Å². The van der Waals surface area contributed by atoms with E-state index in [0.29, 0.717) is 0 Å². The molecule has 3 heteroatoms. The molecule has 0 radical (unpaired) electrons. The second-order valence-corrected chi connectivity index (χ2v) is 3.52. The van der Waals surface area contributed by atoms with E-state index < -0.39 is 5.82 Å². The quantitative estimate of drug-likeness (QED) is 0.656. The summed E-state index contributed by atoms with van der Waals surface area (Å²) < 4.78 is 12.9. The number of aromatic hydroxyl groups is 1. The van der Waals surface area contributed by atoms with Gasteiger partial charge in [-0.1, -0.05) is 6.07 Å². The molecule has 0 saturated carbocycles. The minimum atomic E-state index is -0.511. The van der Waals surface area contributed by atoms with E-state index >= 15 is 0 Å². The Morgan fingerprint density at radius 1 is 1.46 bits per heavy atom. The smallest absolute Gasteiger partial charge is 0.165 e. The summed E-state index contributed by atoms with van der Waals surface area (Å²) in [5.74, 6) is -0.672. The number of likely N-dealkylation sites (N-methyl/N-ethyl adjacent to an activating group) is 1. The largest absolute Gasteiger partial charge is 0.505 e. The van der Waals surface area contributed by atoms with Gasteiger partial charge in [-0.25, -0.2) is 4.39 Å². The molecule has 1 aliphatic heterocycles. The normalized spacial score (nSPS) is 17.1. The number of benzene rings is 1. The summed E-state index contributed by atoms with van der Waals surface area (Å²) in [5.41, 5.74) is 1.81. The number of hydrogen-bond acceptors (Lipinski definition) is 2. The van der Waals surface area contributed by atoms with Crippen molar-refractivity contribution in [1.82, 2.24) is 4.90 Å². The van der Waals surface area contributed by atoms with Crippen LogP contribution in [-0.4, -0.2) is 23.6 Å². The van der Waals surface area contributed by atoms with Crippen LogP contribution < -0.4 is 0 Å². The van der Waals surface area contributed by atoms with Gasteiger partial charge in [0.05, 0.1) is 0 Å². The third-order valence-corrected chi connectivity index (χ3v) is 2.51. The Morgan fingerprint density at radius 3 is 3.00 bits per heavy atom. The first-order valence-corrected chi connectivity index (χ1v) is 4.36. The molecule has 1 aliphatic rings. The lowest BCUT2D eigenvalue weighted by molar-refractivity contribution is 0.305. The molecule has 70 valence electrons. The minimum absolute atomic E-state index is 0.161. The molecule has 0 unspecified atom stereocenters. The van der Waals surface area contributed by atoms with Crippen LogP contribution >= 0.6 is 0 Å². The van der Waals surface area contributed by atoms with Crippen LogP contribution in [0.3, 0.4) is 0 Å². The highest BCUT2D eigenvalue weighted by Crippen LogP contribution is 2.28. The number of phenolic OH excluding ortho intramolecular Hbond substituents is 1. The van der Waals surface area contributed by atoms with Gasteiger partial charge in [0.25, 0.3) is 0 Å². The Morgan fingerprint density at radius 2 is 2.23 bits per heavy atom. The predicted octanol–water partition coefficient (Wildman–Crippen LogP) is 1.52. The molecule has 0 bridgehead atoms. The molecular weight excluding hydrogens is 169 g/mol. The van der Waals surface area contributed by atoms with Crippen molar-refractivity contribution in [3.05, 3.63) is 29.1 Å². The van der Waals surface area contributed by atoms with E-state index in [1.807, 2.05) is 7.05 Å². The predicted molar refractivity (Wildman–Crippen MR) is 48.1 cm³/mol. The van der Waals surface area contributed by atoms with Crippen LogP contribution in [0.1, 0.15) is 11.1 Å². The standard InChI is InChI=1S/C10H12FNO/c1-12-5-4-8-7(6-12)2-3-9(11)10(8)13/h2-3,13H,4-6H2,1H3. The number of fused-ring (bicyclic) bond motifs is 1. The second kappa shape index (κ2) is 3.00. The SMILES string of the molecule is CN1CCc2c(ccc(F)c2O)C1. The zero-order chi connectivity index (χ0) is 9.42. The Balaban J connectivity index is 2.47. The van der Waals surface area contributed by atoms with Gasteiger partial charge in [-0.05, 0) is 25.1 Å². The molecule has 1 N–H and O–H groups in total. The fourth-order valence-corrected chi connectivity index (χ4v) is 1.75. The van der Waals surface area contributed by atoms with Crippen LogP contribution in [0.25, 0.3) is 0 Å². The van der Waals surface area contributed by atoms with Crippen molar-refractivity contribution < 1.29 is 9.50 Å². The topological polar surface area (TPSA) is 23.5 Å². The van der Waals surface area contributed by atoms with Gasteiger partial charge in [-0.3, -0.25) is 0 Å². The summed E-state index contributed by atoms with van der Waals surface area (Å²) >= 11 is 0. The van der Waals surface area contributed by atoms with E-state index in [0.717, 1.165) is 30.6 Å². The molecule has 1 heterocycles. The fourth-order valence-electron chi connectivity index (χ4n) is 1.75. The van der Waals surface area contributed by atoms with Gasteiger partial charge in [0.1, 0.15) is 0 Å². The molecule has 2 rings (SSSR count). The minimum Gasteiger partial charge on any atom is -0.505 e. The van der Waals surface area contributed by atoms with Crippen molar-refractivity contribution in [1.29, 1.82) is 0 Å². The molecule has 0 atom stereocenters. The molecule has 0 aliphatic carbocycles. The molecule has 0 fully saturated rings. The third kappa shape index (κ3) is 1.40. The second-order valence-electron chi connectivity index (χ2n) is 3.52. The molecule has 0 aromatic heterocycles. The van der Waals surface area contributed by atoms with Crippen molar-refractivity contribution in [2.75, 3.05) is 13.6 Å². The van der Waals surface area contributed by atoms with E-state index in [-0.39, 0.29) is 5.75 Å². The third-order valence-electron chi connectivity index (χ3n) is 2.51. The lowest BCUT2D eigenvalue weighted by atomic mass is 9.99. The summed E-state index contributed by atoms with van der Waals surface area (Å²) in [6.07, 6.45) is 0.732. The van der Waals surface area contributed by atoms with Crippen molar-refractivity contribution in [2.24, 2.45) is 0 Å². The van der Waals surface area contributed by atoms with Crippen LogP contribution in [0.4, 0.5) is 4.39 Å². The Labute approximate surface area is 76.6 Å². The van der Waals surface area contributed by atoms with Crippen LogP contribution in [0.5, 0.6) is 5.75 Å². The highest BCUT2D eigenvalue weighted by molar-refractivity contribution is 5.41. The molecule has 13 heavy (non-hydrogen) atoms. The summed E-state index contributed by atoms with van der Waals surface area (Å²) in [7, 11) is 2.02. The average Bonchev–Trinajstić information content (AvgIpc) is 2.12. The summed E-state index contributed by atoms with van der Waals surface area (Å²) in [6, 6.07) is 3.08. The van der Waals surface area contributed by atoms with Gasteiger partial charge in [0.15, 0.2) is 11.6 Å². The maximum absolute atomic E-state index is 12.9. The van der Waals surface area contributed by atoms with Crippen molar-refractivity contribution in [2.45, 2.75) is 13.0 Å². The highest BCUT2D eigenvalue weighted by atomic mass is 19.1. The van der Waals surface area contributed by atoms with E-state index in [4.69, 9.17) is 0 Å². The molecule has 0 spiro atoms.